The summed E-state index contributed by atoms with van der Waals surface area (Å²) in [6, 6.07) is 12.3. The number of nitrogens with zero attached hydrogens (tertiary/aromatic N) is 2. The summed E-state index contributed by atoms with van der Waals surface area (Å²) in [6.45, 7) is 2.08. The third-order valence-corrected chi connectivity index (χ3v) is 5.83. The van der Waals surface area contributed by atoms with Gasteiger partial charge in [-0.05, 0) is 42.3 Å². The van der Waals surface area contributed by atoms with Crippen LogP contribution in [0, 0.1) is 0 Å². The summed E-state index contributed by atoms with van der Waals surface area (Å²) < 4.78 is 6.74. The monoisotopic (exact) mass is 543 g/mol. The van der Waals surface area contributed by atoms with Gasteiger partial charge in [-0.15, -0.1) is 0 Å². The van der Waals surface area contributed by atoms with Crippen LogP contribution in [0.15, 0.2) is 51.4 Å². The van der Waals surface area contributed by atoms with Gasteiger partial charge in [0.15, 0.2) is 0 Å². The number of hydrogen-bond acceptors (Lipinski definition) is 5. The number of hydrogen-bond donors (Lipinski definition) is 1. The second kappa shape index (κ2) is 9.93. The summed E-state index contributed by atoms with van der Waals surface area (Å²) in [4.78, 5) is 28.2. The Balaban J connectivity index is 1.51. The number of rotatable bonds is 4. The first kappa shape index (κ1) is 22.1. The smallest absolute Gasteiger partial charge is 0.375 e. The zero-order valence-electron chi connectivity index (χ0n) is 15.5. The highest BCUT2D eigenvalue weighted by molar-refractivity contribution is 9.11. The van der Waals surface area contributed by atoms with Crippen LogP contribution in [0.5, 0.6) is 0 Å². The molecule has 1 atom stereocenters. The molecule has 1 heterocycles. The van der Waals surface area contributed by atoms with E-state index in [1.165, 1.54) is 4.90 Å². The van der Waals surface area contributed by atoms with Crippen molar-refractivity contribution in [3.8, 4) is 0 Å². The van der Waals surface area contributed by atoms with E-state index < -0.39 is 18.1 Å². The molecule has 1 amide bonds. The van der Waals surface area contributed by atoms with E-state index in [2.05, 4.69) is 36.8 Å². The van der Waals surface area contributed by atoms with Crippen molar-refractivity contribution in [3.05, 3.63) is 62.0 Å². The molecule has 3 rings (SSSR count). The van der Waals surface area contributed by atoms with Crippen LogP contribution in [0.25, 0.3) is 0 Å². The minimum Gasteiger partial charge on any atom is -0.375 e. The molecular weight excluding hydrogens is 525 g/mol. The number of para-hydroxylation sites is 1. The molecule has 0 aliphatic carbocycles. The summed E-state index contributed by atoms with van der Waals surface area (Å²) in [5, 5.41) is 0.670. The van der Waals surface area contributed by atoms with Gasteiger partial charge in [-0.25, -0.2) is 9.59 Å². The predicted molar refractivity (Wildman–Crippen MR) is 120 cm³/mol. The lowest BCUT2D eigenvalue weighted by molar-refractivity contribution is -0.139. The highest BCUT2D eigenvalue weighted by Gasteiger charge is 2.27. The van der Waals surface area contributed by atoms with Crippen LogP contribution in [-0.2, 0) is 16.0 Å². The van der Waals surface area contributed by atoms with E-state index in [-0.39, 0.29) is 6.42 Å². The molecule has 0 aromatic heterocycles. The second-order valence-corrected chi connectivity index (χ2v) is 8.94. The number of esters is 1. The van der Waals surface area contributed by atoms with Crippen LogP contribution in [0.4, 0.5) is 10.5 Å². The second-order valence-electron chi connectivity index (χ2n) is 6.70. The third-order valence-electron chi connectivity index (χ3n) is 4.60. The lowest BCUT2D eigenvalue weighted by Gasteiger charge is -2.35. The first-order valence-electron chi connectivity index (χ1n) is 9.04. The SMILES string of the molecule is N[C@H](Cc1cc(Br)cc(Br)c1)C(=O)OC(=O)N1CCN(c2ccccc2Cl)CC1. The molecule has 0 radical (unpaired) electrons. The van der Waals surface area contributed by atoms with Gasteiger partial charge in [0, 0.05) is 35.1 Å². The average molecular weight is 546 g/mol. The van der Waals surface area contributed by atoms with Gasteiger partial charge in [-0.1, -0.05) is 55.6 Å². The van der Waals surface area contributed by atoms with Crippen molar-refractivity contribution in [2.24, 2.45) is 5.73 Å². The van der Waals surface area contributed by atoms with Gasteiger partial charge in [0.05, 0.1) is 10.7 Å². The molecule has 0 saturated carbocycles. The van der Waals surface area contributed by atoms with Crippen LogP contribution in [0.2, 0.25) is 5.02 Å². The maximum absolute atomic E-state index is 12.4. The predicted octanol–water partition coefficient (Wildman–Crippen LogP) is 4.22. The Hall–Kier alpha value is -1.61. The van der Waals surface area contributed by atoms with E-state index in [1.54, 1.807) is 0 Å². The van der Waals surface area contributed by atoms with Crippen LogP contribution < -0.4 is 10.6 Å². The highest BCUT2D eigenvalue weighted by Crippen LogP contribution is 2.26. The summed E-state index contributed by atoms with van der Waals surface area (Å²) in [6.07, 6.45) is -0.399. The maximum atomic E-state index is 12.4. The molecule has 0 unspecified atom stereocenters. The summed E-state index contributed by atoms with van der Waals surface area (Å²) in [5.74, 6) is -0.736. The van der Waals surface area contributed by atoms with E-state index in [0.717, 1.165) is 20.2 Å². The van der Waals surface area contributed by atoms with Crippen LogP contribution in [0.1, 0.15) is 5.56 Å². The van der Waals surface area contributed by atoms with Gasteiger partial charge < -0.3 is 20.3 Å². The van der Waals surface area contributed by atoms with Gasteiger partial charge in [0.25, 0.3) is 0 Å². The standard InChI is InChI=1S/C20H20Br2ClN3O3/c21-14-9-13(10-15(22)12-14)11-17(24)19(27)29-20(28)26-7-5-25(6-8-26)18-4-2-1-3-16(18)23/h1-4,9-10,12,17H,5-8,11,24H2/t17-/m1/s1. The van der Waals surface area contributed by atoms with Crippen molar-refractivity contribution in [1.82, 2.24) is 4.90 Å². The Labute approximate surface area is 191 Å². The Bertz CT molecular complexity index is 884. The number of halogens is 3. The lowest BCUT2D eigenvalue weighted by atomic mass is 10.1. The van der Waals surface area contributed by atoms with Gasteiger partial charge in [0.2, 0.25) is 0 Å². The molecule has 0 bridgehead atoms. The van der Waals surface area contributed by atoms with Gasteiger partial charge in [-0.3, -0.25) is 0 Å². The first-order chi connectivity index (χ1) is 13.8. The van der Waals surface area contributed by atoms with Gasteiger partial charge in [0.1, 0.15) is 6.04 Å². The molecule has 0 spiro atoms. The number of carbonyl (C=O) groups is 2. The fraction of sp³-hybridized carbons (Fsp3) is 0.300. The quantitative estimate of drug-likeness (QED) is 0.460. The van der Waals surface area contributed by atoms with Crippen molar-refractivity contribution in [1.29, 1.82) is 0 Å². The summed E-state index contributed by atoms with van der Waals surface area (Å²) in [5.41, 5.74) is 7.73. The molecule has 1 aliphatic heterocycles. The molecule has 9 heteroatoms. The van der Waals surface area contributed by atoms with Crippen molar-refractivity contribution in [2.75, 3.05) is 31.1 Å². The van der Waals surface area contributed by atoms with Crippen molar-refractivity contribution in [3.63, 3.8) is 0 Å². The molecular formula is C20H20Br2ClN3O3. The zero-order chi connectivity index (χ0) is 21.0. The third kappa shape index (κ3) is 5.94. The van der Waals surface area contributed by atoms with Crippen molar-refractivity contribution < 1.29 is 14.3 Å². The van der Waals surface area contributed by atoms with Gasteiger partial charge >= 0.3 is 12.1 Å². The van der Waals surface area contributed by atoms with Crippen LogP contribution in [0.3, 0.4) is 0 Å². The summed E-state index contributed by atoms with van der Waals surface area (Å²) >= 11 is 13.0. The minimum absolute atomic E-state index is 0.268. The number of anilines is 1. The van der Waals surface area contributed by atoms with Crippen molar-refractivity contribution in [2.45, 2.75) is 12.5 Å². The lowest BCUT2D eigenvalue weighted by Crippen LogP contribution is -2.50. The van der Waals surface area contributed by atoms with Gasteiger partial charge in [-0.2, -0.15) is 0 Å². The normalized spacial score (nSPS) is 15.2. The van der Waals surface area contributed by atoms with E-state index in [0.29, 0.717) is 31.2 Å². The van der Waals surface area contributed by atoms with E-state index >= 15 is 0 Å². The van der Waals surface area contributed by atoms with Crippen LogP contribution in [-0.4, -0.2) is 49.2 Å². The molecule has 29 heavy (non-hydrogen) atoms. The molecule has 1 aliphatic rings. The van der Waals surface area contributed by atoms with E-state index in [4.69, 9.17) is 22.1 Å². The number of piperazine rings is 1. The number of ether oxygens (including phenoxy) is 1. The Morgan fingerprint density at radius 1 is 1.07 bits per heavy atom. The molecule has 1 saturated heterocycles. The number of nitrogens with two attached hydrogens (primary N) is 1. The van der Waals surface area contributed by atoms with Crippen LogP contribution >= 0.6 is 43.5 Å². The minimum atomic E-state index is -0.926. The zero-order valence-corrected chi connectivity index (χ0v) is 19.4. The first-order valence-corrected chi connectivity index (χ1v) is 11.0. The molecule has 2 N–H and O–H groups in total. The topological polar surface area (TPSA) is 75.9 Å². The fourth-order valence-corrected chi connectivity index (χ4v) is 4.77. The largest absolute Gasteiger partial charge is 0.417 e. The average Bonchev–Trinajstić information content (AvgIpc) is 2.67. The number of benzene rings is 2. The highest BCUT2D eigenvalue weighted by atomic mass is 79.9. The fourth-order valence-electron chi connectivity index (χ4n) is 3.13. The number of carbonyl (C=O) groups excluding carboxylic acids is 2. The Morgan fingerprint density at radius 3 is 2.31 bits per heavy atom. The van der Waals surface area contributed by atoms with Crippen molar-refractivity contribution >= 4 is 61.2 Å². The number of amides is 1. The molecule has 2 aromatic carbocycles. The Morgan fingerprint density at radius 2 is 1.69 bits per heavy atom. The molecule has 154 valence electrons. The Kier molecular flexibility index (Phi) is 7.56. The molecule has 6 nitrogen and oxygen atoms in total. The van der Waals surface area contributed by atoms with E-state index in [9.17, 15) is 9.59 Å². The summed E-state index contributed by atoms with van der Waals surface area (Å²) in [7, 11) is 0. The molecule has 2 aromatic rings. The maximum Gasteiger partial charge on any atom is 0.417 e. The van der Waals surface area contributed by atoms with E-state index in [1.807, 2.05) is 42.5 Å². The molecule has 1 fully saturated rings.